The standard InChI is InChI=1S/C46H70Br2N4.C26H36O2S2.6CH3.2Sn/c1-5-9-13-17-21-25-29-39-41(31-27-23-19-15-11-7-3)51-45-37(47)34-36-35(43(45)49-39)33-38(48)46-44(36)50-40(30-26-22-18-14-10-6-2)42(52-46)32-28-24-20-16-12-8-4;1-5-9-11-19(7-3)17-27-23-21-13-15-30-26(21)24(22-14-16-29-25(22)23)28-18-20(8-4)12-10-6-2;;;;;;;;/h33-34H,5-32H2,1-4H3;13-14,19-20H,5-12,17-18H2,1-4H3;6*1H3;;. The summed E-state index contributed by atoms with van der Waals surface area (Å²) in [7, 11) is 0. The van der Waals surface area contributed by atoms with Crippen LogP contribution in [-0.4, -0.2) is 69.9 Å². The smallest absolute Gasteiger partial charge is 0.104 e. The van der Waals surface area contributed by atoms with Crippen molar-refractivity contribution in [3.8, 4) is 11.5 Å². The second-order valence-electron chi connectivity index (χ2n) is 28.8. The number of unbranched alkanes of at least 4 members (excludes halogenated alkanes) is 22. The van der Waals surface area contributed by atoms with Crippen molar-refractivity contribution in [2.75, 3.05) is 13.2 Å². The van der Waals surface area contributed by atoms with Gasteiger partial charge in [-0.15, -0.1) is 0 Å². The minimum atomic E-state index is -2.28. The van der Waals surface area contributed by atoms with Crippen LogP contribution in [0.5, 0.6) is 11.5 Å². The minimum Gasteiger partial charge on any atom is -0.249 e. The van der Waals surface area contributed by atoms with Crippen molar-refractivity contribution in [2.24, 2.45) is 11.8 Å². The van der Waals surface area contributed by atoms with Crippen molar-refractivity contribution in [3.63, 3.8) is 0 Å². The summed E-state index contributed by atoms with van der Waals surface area (Å²) in [4.78, 5) is 37.0. The van der Waals surface area contributed by atoms with Crippen LogP contribution in [0.25, 0.3) is 53.0 Å². The molecule has 4 heterocycles. The molecule has 0 aliphatic carbocycles. The molecule has 0 spiro atoms. The maximum absolute atomic E-state index is 6.90. The van der Waals surface area contributed by atoms with Gasteiger partial charge in [0.15, 0.2) is 0 Å². The number of ether oxygens (including phenoxy) is 2. The van der Waals surface area contributed by atoms with Crippen LogP contribution in [0.4, 0.5) is 0 Å². The second-order valence-corrected chi connectivity index (χ2v) is 63.5. The van der Waals surface area contributed by atoms with Gasteiger partial charge < -0.3 is 0 Å². The third-order valence-corrected chi connectivity index (χ3v) is 41.2. The molecule has 90 heavy (non-hydrogen) atoms. The average Bonchev–Trinajstić information content (AvgIpc) is 1.36. The number of fused-ring (bicyclic) bond motifs is 7. The fraction of sp³-hybridized carbons (Fsp3) is 0.692. The van der Waals surface area contributed by atoms with E-state index >= 15 is 0 Å². The van der Waals surface area contributed by atoms with E-state index in [1.807, 2.05) is 22.7 Å². The molecule has 0 saturated carbocycles. The molecule has 0 bridgehead atoms. The molecule has 2 atom stereocenters. The molecule has 7 aromatic rings. The number of aryl methyl sites for hydroxylation is 4. The van der Waals surface area contributed by atoms with E-state index in [-0.39, 0.29) is 0 Å². The predicted octanol–water partition coefficient (Wildman–Crippen LogP) is 26.3. The summed E-state index contributed by atoms with van der Waals surface area (Å²) in [6.45, 7) is 20.0. The maximum Gasteiger partial charge on any atom is 0.104 e. The van der Waals surface area contributed by atoms with Crippen LogP contribution in [-0.2, 0) is 25.7 Å². The molecular weight excluding hydrogens is 1490 g/mol. The Bertz CT molecular complexity index is 2970. The van der Waals surface area contributed by atoms with Crippen LogP contribution >= 0.6 is 54.5 Å². The molecule has 0 saturated heterocycles. The van der Waals surface area contributed by atoms with Gasteiger partial charge in [-0.2, -0.15) is 0 Å². The number of halogens is 2. The van der Waals surface area contributed by atoms with E-state index in [1.54, 1.807) is 5.79 Å². The van der Waals surface area contributed by atoms with E-state index in [9.17, 15) is 0 Å². The van der Waals surface area contributed by atoms with Crippen LogP contribution in [0.1, 0.15) is 284 Å². The molecule has 0 aliphatic rings. The Kier molecular flexibility index (Phi) is 35.4. The topological polar surface area (TPSA) is 70.0 Å². The third-order valence-electron chi connectivity index (χ3n) is 18.8. The number of benzene rings is 3. The van der Waals surface area contributed by atoms with Crippen molar-refractivity contribution in [1.82, 2.24) is 19.9 Å². The van der Waals surface area contributed by atoms with Crippen LogP contribution in [0, 0.1) is 11.8 Å². The van der Waals surface area contributed by atoms with Gasteiger partial charge in [-0.3, -0.25) is 0 Å². The molecule has 2 unspecified atom stereocenters. The van der Waals surface area contributed by atoms with E-state index < -0.39 is 36.8 Å². The molecule has 3 aromatic carbocycles. The van der Waals surface area contributed by atoms with Gasteiger partial charge in [-0.05, 0) is 95.4 Å². The SMILES string of the molecule is CCCCC(CC)COc1c2c[c]([Sn]([CH3])([CH3])[CH3])sc2c(OCC(CC)CCCC)c2c[c]([Sn]([CH3])([CH3])[CH3])sc12.CCCCCCCCc1nc2c(Br)cc3c(cc(Br)c4nc(CCCCCCCC)c(CCCCCCCC)nc43)c2nc1CCCCCCCC. The molecule has 6 nitrogen and oxygen atoms in total. The first-order chi connectivity index (χ1) is 43.5. The first-order valence-corrected chi connectivity index (χ1v) is 60.2. The van der Waals surface area contributed by atoms with E-state index in [0.29, 0.717) is 11.8 Å². The Morgan fingerprint density at radius 2 is 0.633 bits per heavy atom. The predicted molar refractivity (Wildman–Crippen MR) is 415 cm³/mol. The summed E-state index contributed by atoms with van der Waals surface area (Å²) < 4.78 is 21.7. The van der Waals surface area contributed by atoms with Gasteiger partial charge in [-0.25, -0.2) is 19.9 Å². The summed E-state index contributed by atoms with van der Waals surface area (Å²) in [5, 5.41) is 4.90. The minimum absolute atomic E-state index is 0.626. The van der Waals surface area contributed by atoms with Crippen molar-refractivity contribution < 1.29 is 9.47 Å². The van der Waals surface area contributed by atoms with Gasteiger partial charge >= 0.3 is 252 Å². The molecule has 4 aromatic heterocycles. The fourth-order valence-corrected chi connectivity index (χ4v) is 26.4. The average molecular weight is 1610 g/mol. The van der Waals surface area contributed by atoms with Crippen molar-refractivity contribution in [2.45, 2.75) is 316 Å². The summed E-state index contributed by atoms with van der Waals surface area (Å²) in [6.07, 6.45) is 45.0. The maximum atomic E-state index is 6.90. The molecular formula is C78H124Br2N4O2S2Sn2. The first kappa shape index (κ1) is 77.7. The number of thiophene rings is 2. The monoisotopic (exact) mass is 1610 g/mol. The van der Waals surface area contributed by atoms with Crippen molar-refractivity contribution in [1.29, 1.82) is 0 Å². The Labute approximate surface area is 582 Å². The Morgan fingerprint density at radius 1 is 0.356 bits per heavy atom. The molecule has 0 N–H and O–H groups in total. The van der Waals surface area contributed by atoms with E-state index in [0.717, 1.165) is 92.2 Å². The van der Waals surface area contributed by atoms with E-state index in [2.05, 4.69) is 141 Å². The zero-order valence-electron chi connectivity index (χ0n) is 59.5. The normalized spacial score (nSPS) is 12.9. The van der Waals surface area contributed by atoms with Crippen LogP contribution < -0.4 is 15.3 Å². The summed E-state index contributed by atoms with van der Waals surface area (Å²) in [6, 6.07) is 9.52. The second kappa shape index (κ2) is 41.0. The quantitative estimate of drug-likeness (QED) is 0.0215. The molecule has 0 amide bonds. The molecule has 502 valence electrons. The summed E-state index contributed by atoms with van der Waals surface area (Å²) in [5.41, 5.74) is 8.77. The van der Waals surface area contributed by atoms with Gasteiger partial charge in [0.05, 0.1) is 33.8 Å². The van der Waals surface area contributed by atoms with E-state index in [4.69, 9.17) is 29.4 Å². The first-order valence-electron chi connectivity index (χ1n) is 37.0. The van der Waals surface area contributed by atoms with Gasteiger partial charge in [0.2, 0.25) is 0 Å². The zero-order valence-corrected chi connectivity index (χ0v) is 70.0. The van der Waals surface area contributed by atoms with Crippen molar-refractivity contribution >= 4 is 150 Å². The Balaban J connectivity index is 0.000000301. The number of rotatable bonds is 44. The summed E-state index contributed by atoms with van der Waals surface area (Å²) in [5.74, 6) is 3.56. The molecule has 0 radical (unpaired) electrons. The number of aromatic nitrogens is 4. The van der Waals surface area contributed by atoms with Crippen LogP contribution in [0.2, 0.25) is 29.6 Å². The Hall–Kier alpha value is -1.32. The third kappa shape index (κ3) is 23.5. The molecule has 0 fully saturated rings. The van der Waals surface area contributed by atoms with Gasteiger partial charge in [0.25, 0.3) is 0 Å². The zero-order chi connectivity index (χ0) is 65.1. The fourth-order valence-electron chi connectivity index (χ4n) is 12.7. The van der Waals surface area contributed by atoms with Gasteiger partial charge in [0, 0.05) is 19.7 Å². The van der Waals surface area contributed by atoms with Gasteiger partial charge in [-0.1, -0.05) is 156 Å². The van der Waals surface area contributed by atoms with Gasteiger partial charge in [0.1, 0.15) is 11.0 Å². The molecule has 0 aliphatic heterocycles. The largest absolute Gasteiger partial charge is 0.249 e. The Morgan fingerprint density at radius 3 is 0.911 bits per heavy atom. The molecule has 7 rings (SSSR count). The number of hydrogen-bond donors (Lipinski definition) is 0. The summed E-state index contributed by atoms with van der Waals surface area (Å²) >= 11 is 7.44. The number of nitrogens with zero attached hydrogens (tertiary/aromatic N) is 4. The van der Waals surface area contributed by atoms with Crippen LogP contribution in [0.3, 0.4) is 0 Å². The van der Waals surface area contributed by atoms with Crippen molar-refractivity contribution in [3.05, 3.63) is 56.0 Å². The number of hydrogen-bond acceptors (Lipinski definition) is 8. The molecule has 12 heteroatoms. The van der Waals surface area contributed by atoms with E-state index in [1.165, 1.54) is 248 Å². The van der Waals surface area contributed by atoms with Crippen LogP contribution in [0.15, 0.2) is 33.2 Å².